The average Bonchev–Trinajstić information content (AvgIpc) is 2.76. The minimum atomic E-state index is -3.59. The molecule has 1 N–H and O–H groups in total. The van der Waals surface area contributed by atoms with E-state index in [1.165, 1.54) is 9.87 Å². The highest BCUT2D eigenvalue weighted by atomic mass is 32.2. The predicted molar refractivity (Wildman–Crippen MR) is 121 cm³/mol. The molecule has 6 nitrogen and oxygen atoms in total. The van der Waals surface area contributed by atoms with E-state index in [2.05, 4.69) is 17.4 Å². The molecule has 1 saturated heterocycles. The van der Waals surface area contributed by atoms with Gasteiger partial charge in [-0.05, 0) is 48.8 Å². The van der Waals surface area contributed by atoms with Crippen molar-refractivity contribution in [1.82, 2.24) is 4.31 Å². The Labute approximate surface area is 183 Å². The molecule has 0 aromatic heterocycles. The zero-order valence-electron chi connectivity index (χ0n) is 17.2. The maximum Gasteiger partial charge on any atom is 0.243 e. The van der Waals surface area contributed by atoms with E-state index in [0.29, 0.717) is 37.7 Å². The molecule has 0 spiro atoms. The first-order valence-electron chi connectivity index (χ1n) is 10.1. The second-order valence-electron chi connectivity index (χ2n) is 7.18. The van der Waals surface area contributed by atoms with E-state index in [-0.39, 0.29) is 10.8 Å². The molecule has 1 aliphatic heterocycles. The van der Waals surface area contributed by atoms with E-state index in [1.54, 1.807) is 30.0 Å². The molecule has 0 unspecified atom stereocenters. The van der Waals surface area contributed by atoms with Gasteiger partial charge < -0.3 is 10.1 Å². The Morgan fingerprint density at radius 2 is 1.87 bits per heavy atom. The van der Waals surface area contributed by atoms with Gasteiger partial charge in [-0.3, -0.25) is 4.79 Å². The first kappa shape index (κ1) is 22.8. The number of thioether (sulfide) groups is 1. The summed E-state index contributed by atoms with van der Waals surface area (Å²) in [5, 5.41) is 2.87. The van der Waals surface area contributed by atoms with Crippen LogP contribution >= 0.6 is 11.8 Å². The van der Waals surface area contributed by atoms with E-state index < -0.39 is 10.0 Å². The molecule has 2 aromatic carbocycles. The molecule has 1 heterocycles. The van der Waals surface area contributed by atoms with Crippen LogP contribution in [0.3, 0.4) is 0 Å². The summed E-state index contributed by atoms with van der Waals surface area (Å²) in [5.41, 5.74) is 2.68. The summed E-state index contributed by atoms with van der Waals surface area (Å²) in [5.74, 6) is 1.12. The van der Waals surface area contributed by atoms with Gasteiger partial charge in [-0.15, -0.1) is 0 Å². The number of rotatable bonds is 9. The predicted octanol–water partition coefficient (Wildman–Crippen LogP) is 3.32. The molecule has 1 amide bonds. The Hall–Kier alpha value is -1.87. The number of hydrogen-bond donors (Lipinski definition) is 1. The Bertz CT molecular complexity index is 943. The summed E-state index contributed by atoms with van der Waals surface area (Å²) in [7, 11) is -3.59. The van der Waals surface area contributed by atoms with E-state index in [0.717, 1.165) is 24.2 Å². The zero-order valence-corrected chi connectivity index (χ0v) is 18.8. The lowest BCUT2D eigenvalue weighted by atomic mass is 10.1. The maximum absolute atomic E-state index is 12.9. The first-order chi connectivity index (χ1) is 14.5. The Morgan fingerprint density at radius 3 is 2.60 bits per heavy atom. The Balaban J connectivity index is 1.51. The van der Waals surface area contributed by atoms with Gasteiger partial charge in [0, 0.05) is 18.8 Å². The van der Waals surface area contributed by atoms with Crippen molar-refractivity contribution in [2.24, 2.45) is 0 Å². The summed E-state index contributed by atoms with van der Waals surface area (Å²) < 4.78 is 32.4. The lowest BCUT2D eigenvalue weighted by Crippen LogP contribution is -2.40. The molecule has 0 radical (unpaired) electrons. The van der Waals surface area contributed by atoms with Crippen LogP contribution in [0.2, 0.25) is 0 Å². The second-order valence-corrected chi connectivity index (χ2v) is 10.2. The largest absolute Gasteiger partial charge is 0.379 e. The molecule has 1 fully saturated rings. The number of carbonyl (C=O) groups excluding carboxylic acids is 1. The first-order valence-corrected chi connectivity index (χ1v) is 12.7. The lowest BCUT2D eigenvalue weighted by molar-refractivity contribution is -0.113. The van der Waals surface area contributed by atoms with Crippen molar-refractivity contribution in [1.29, 1.82) is 0 Å². The number of hydrogen-bond acceptors (Lipinski definition) is 5. The van der Waals surface area contributed by atoms with E-state index in [4.69, 9.17) is 4.74 Å². The number of morpholine rings is 1. The number of carbonyl (C=O) groups is 1. The summed E-state index contributed by atoms with van der Waals surface area (Å²) in [6.45, 7) is 3.34. The van der Waals surface area contributed by atoms with Gasteiger partial charge in [0.15, 0.2) is 0 Å². The second kappa shape index (κ2) is 10.9. The molecule has 2 aromatic rings. The van der Waals surface area contributed by atoms with Crippen molar-refractivity contribution in [2.45, 2.75) is 24.7 Å². The normalized spacial score (nSPS) is 15.1. The molecular formula is C22H28N2O4S2. The minimum absolute atomic E-state index is 0.122. The zero-order chi connectivity index (χ0) is 21.4. The monoisotopic (exact) mass is 448 g/mol. The van der Waals surface area contributed by atoms with Crippen LogP contribution in [-0.2, 0) is 26.0 Å². The summed E-state index contributed by atoms with van der Waals surface area (Å²) in [6.07, 6.45) is 2.00. The van der Waals surface area contributed by atoms with Gasteiger partial charge in [0.1, 0.15) is 0 Å². The number of sulfonamides is 1. The average molecular weight is 449 g/mol. The summed E-state index contributed by atoms with van der Waals surface area (Å²) in [4.78, 5) is 12.5. The molecule has 8 heteroatoms. The number of nitrogens with one attached hydrogen (secondary N) is 1. The third kappa shape index (κ3) is 6.31. The molecule has 0 bridgehead atoms. The standard InChI is InChI=1S/C22H28N2O4S2/c1-18-9-10-20(30(26,27)24-11-13-28-14-12-24)16-21(18)23-22(25)17-29-15-5-8-19-6-3-2-4-7-19/h2-4,6-7,9-10,16H,5,8,11-15,17H2,1H3,(H,23,25). The fourth-order valence-corrected chi connectivity index (χ4v) is 5.39. The Morgan fingerprint density at radius 1 is 1.13 bits per heavy atom. The molecule has 1 aliphatic rings. The van der Waals surface area contributed by atoms with Gasteiger partial charge in [-0.25, -0.2) is 8.42 Å². The van der Waals surface area contributed by atoms with Gasteiger partial charge in [-0.2, -0.15) is 16.1 Å². The number of nitrogens with zero attached hydrogens (tertiary/aromatic N) is 1. The van der Waals surface area contributed by atoms with Gasteiger partial charge >= 0.3 is 0 Å². The number of aryl methyl sites for hydroxylation is 2. The molecule has 0 aliphatic carbocycles. The number of ether oxygens (including phenoxy) is 1. The highest BCUT2D eigenvalue weighted by Crippen LogP contribution is 2.24. The fourth-order valence-electron chi connectivity index (χ4n) is 3.21. The van der Waals surface area contributed by atoms with Gasteiger partial charge in [0.2, 0.25) is 15.9 Å². The highest BCUT2D eigenvalue weighted by molar-refractivity contribution is 7.99. The topological polar surface area (TPSA) is 75.7 Å². The van der Waals surface area contributed by atoms with Crippen LogP contribution in [-0.4, -0.2) is 56.4 Å². The van der Waals surface area contributed by atoms with Crippen molar-refractivity contribution >= 4 is 33.4 Å². The van der Waals surface area contributed by atoms with Crippen LogP contribution in [0.25, 0.3) is 0 Å². The number of benzene rings is 2. The highest BCUT2D eigenvalue weighted by Gasteiger charge is 2.26. The van der Waals surface area contributed by atoms with Gasteiger partial charge in [0.05, 0.1) is 23.9 Å². The van der Waals surface area contributed by atoms with Crippen molar-refractivity contribution in [3.63, 3.8) is 0 Å². The van der Waals surface area contributed by atoms with Crippen molar-refractivity contribution in [3.8, 4) is 0 Å². The number of amides is 1. The van der Waals surface area contributed by atoms with Crippen molar-refractivity contribution < 1.29 is 17.9 Å². The van der Waals surface area contributed by atoms with Crippen LogP contribution in [0.15, 0.2) is 53.4 Å². The lowest BCUT2D eigenvalue weighted by Gasteiger charge is -2.26. The minimum Gasteiger partial charge on any atom is -0.379 e. The molecule has 0 atom stereocenters. The summed E-state index contributed by atoms with van der Waals surface area (Å²) >= 11 is 1.59. The molecular weight excluding hydrogens is 420 g/mol. The quantitative estimate of drug-likeness (QED) is 0.596. The maximum atomic E-state index is 12.9. The van der Waals surface area contributed by atoms with Crippen LogP contribution in [0.5, 0.6) is 0 Å². The Kier molecular flexibility index (Phi) is 8.32. The molecule has 30 heavy (non-hydrogen) atoms. The van der Waals surface area contributed by atoms with E-state index in [1.807, 2.05) is 25.1 Å². The third-order valence-corrected chi connectivity index (χ3v) is 7.86. The van der Waals surface area contributed by atoms with Gasteiger partial charge in [0.25, 0.3) is 0 Å². The smallest absolute Gasteiger partial charge is 0.243 e. The van der Waals surface area contributed by atoms with E-state index in [9.17, 15) is 13.2 Å². The molecule has 3 rings (SSSR count). The number of anilines is 1. The molecule has 162 valence electrons. The van der Waals surface area contributed by atoms with Crippen LogP contribution in [0.1, 0.15) is 17.5 Å². The van der Waals surface area contributed by atoms with Crippen LogP contribution < -0.4 is 5.32 Å². The van der Waals surface area contributed by atoms with Crippen LogP contribution in [0.4, 0.5) is 5.69 Å². The van der Waals surface area contributed by atoms with Crippen molar-refractivity contribution in [3.05, 3.63) is 59.7 Å². The fraction of sp³-hybridized carbons (Fsp3) is 0.409. The third-order valence-electron chi connectivity index (χ3n) is 4.92. The van der Waals surface area contributed by atoms with Crippen LogP contribution in [0, 0.1) is 6.92 Å². The summed E-state index contributed by atoms with van der Waals surface area (Å²) in [6, 6.07) is 15.2. The SMILES string of the molecule is Cc1ccc(S(=O)(=O)N2CCOCC2)cc1NC(=O)CSCCCc1ccccc1. The van der Waals surface area contributed by atoms with Crippen molar-refractivity contribution in [2.75, 3.05) is 43.1 Å². The molecule has 0 saturated carbocycles. The van der Waals surface area contributed by atoms with Gasteiger partial charge in [-0.1, -0.05) is 36.4 Å². The van der Waals surface area contributed by atoms with E-state index >= 15 is 0 Å².